The first kappa shape index (κ1) is 38.9. The van der Waals surface area contributed by atoms with E-state index in [1.807, 2.05) is 0 Å². The summed E-state index contributed by atoms with van der Waals surface area (Å²) >= 11 is 1.04. The van der Waals surface area contributed by atoms with Gasteiger partial charge in [-0.3, -0.25) is 4.55 Å². The van der Waals surface area contributed by atoms with Gasteiger partial charge in [0, 0.05) is 35.9 Å². The highest BCUT2D eigenvalue weighted by Gasteiger charge is 2.65. The number of aliphatic hydroxyl groups is 2. The van der Waals surface area contributed by atoms with Gasteiger partial charge in [0.15, 0.2) is 0 Å². The third-order valence-electron chi connectivity index (χ3n) is 8.32. The predicted octanol–water partition coefficient (Wildman–Crippen LogP) is -0.0522. The van der Waals surface area contributed by atoms with Crippen LogP contribution in [0.25, 0.3) is 0 Å². The Labute approximate surface area is 299 Å². The molecule has 0 aliphatic heterocycles. The Hall–Kier alpha value is -3.28. The zero-order chi connectivity index (χ0) is 37.2. The van der Waals surface area contributed by atoms with Gasteiger partial charge >= 0.3 is 0 Å². The fourth-order valence-electron chi connectivity index (χ4n) is 6.80. The van der Waals surface area contributed by atoms with Crippen LogP contribution >= 0.6 is 24.1 Å². The van der Waals surface area contributed by atoms with Gasteiger partial charge < -0.3 is 26.2 Å². The normalized spacial score (nSPS) is 29.3. The highest BCUT2D eigenvalue weighted by molar-refractivity contribution is 7.99. The summed E-state index contributed by atoms with van der Waals surface area (Å²) in [6.07, 6.45) is -3.73. The second kappa shape index (κ2) is 16.2. The van der Waals surface area contributed by atoms with Crippen molar-refractivity contribution >= 4 is 52.0 Å². The van der Waals surface area contributed by atoms with E-state index in [4.69, 9.17) is 8.67 Å². The molecule has 2 saturated carbocycles. The van der Waals surface area contributed by atoms with Gasteiger partial charge in [-0.2, -0.15) is 38.3 Å². The summed E-state index contributed by atoms with van der Waals surface area (Å²) < 4.78 is 46.7. The van der Waals surface area contributed by atoms with E-state index >= 15 is 0 Å². The first-order valence-electron chi connectivity index (χ1n) is 15.1. The van der Waals surface area contributed by atoms with E-state index in [-0.39, 0.29) is 29.5 Å². The van der Waals surface area contributed by atoms with E-state index in [2.05, 4.69) is 70.9 Å². The summed E-state index contributed by atoms with van der Waals surface area (Å²) in [4.78, 5) is 38.2. The third kappa shape index (κ3) is 8.86. The van der Waals surface area contributed by atoms with Crippen LogP contribution in [0.4, 0.5) is 17.8 Å². The number of anilines is 3. The van der Waals surface area contributed by atoms with Crippen molar-refractivity contribution < 1.29 is 52.4 Å². The molecule has 3 aromatic heterocycles. The van der Waals surface area contributed by atoms with Gasteiger partial charge in [-0.05, 0) is 41.5 Å². The SMILES string of the molecule is Cc1nc(C)nc(NC2C(SOOO)C(SOOO)C(Nc3nc(C)nc(C)n3)C3C(O)C(S(=O)(=O)O)C(Nc4nc(C)nc(C)n4)C(O)C23)n1. The van der Waals surface area contributed by atoms with Gasteiger partial charge in [-0.15, -0.1) is 8.67 Å². The molecule has 10 atom stereocenters. The molecule has 26 heteroatoms. The van der Waals surface area contributed by atoms with Crippen molar-refractivity contribution in [1.82, 2.24) is 44.9 Å². The van der Waals surface area contributed by atoms with E-state index in [1.54, 1.807) is 41.5 Å². The molecule has 2 aliphatic rings. The molecule has 5 rings (SSSR count). The minimum absolute atomic E-state index is 0.0149. The maximum atomic E-state index is 13.2. The van der Waals surface area contributed by atoms with Crippen LogP contribution in [-0.4, -0.2) is 125 Å². The molecule has 3 aromatic rings. The predicted molar refractivity (Wildman–Crippen MR) is 177 cm³/mol. The third-order valence-corrected chi connectivity index (χ3v) is 11.7. The molecule has 51 heavy (non-hydrogen) atoms. The Bertz CT molecular complexity index is 1740. The molecule has 2 fully saturated rings. The van der Waals surface area contributed by atoms with Crippen molar-refractivity contribution in [2.45, 2.75) is 87.6 Å². The van der Waals surface area contributed by atoms with Crippen LogP contribution in [0.15, 0.2) is 0 Å². The summed E-state index contributed by atoms with van der Waals surface area (Å²) in [6.45, 7) is 9.61. The van der Waals surface area contributed by atoms with Gasteiger partial charge in [-0.1, -0.05) is 10.1 Å². The van der Waals surface area contributed by atoms with Crippen molar-refractivity contribution in [2.24, 2.45) is 11.8 Å². The molecule has 0 spiro atoms. The van der Waals surface area contributed by atoms with E-state index in [1.165, 1.54) is 0 Å². The van der Waals surface area contributed by atoms with Crippen LogP contribution in [0.3, 0.4) is 0 Å². The van der Waals surface area contributed by atoms with Gasteiger partial charge in [-0.25, -0.2) is 25.5 Å². The fraction of sp³-hybridized carbons (Fsp3) is 0.640. The number of aliphatic hydroxyl groups excluding tert-OH is 2. The average Bonchev–Trinajstić information content (AvgIpc) is 3.00. The van der Waals surface area contributed by atoms with Crippen LogP contribution in [0.5, 0.6) is 0 Å². The molecule has 0 amide bonds. The Kier molecular flexibility index (Phi) is 12.3. The Morgan fingerprint density at radius 2 is 0.863 bits per heavy atom. The largest absolute Gasteiger partial charge is 0.391 e. The zero-order valence-corrected chi connectivity index (χ0v) is 30.2. The second-order valence-corrected chi connectivity index (χ2v) is 15.1. The lowest BCUT2D eigenvalue weighted by molar-refractivity contribution is -0.433. The topological polar surface area (TPSA) is 324 Å². The highest BCUT2D eigenvalue weighted by Crippen LogP contribution is 2.51. The number of hydrogen-bond donors (Lipinski definition) is 8. The van der Waals surface area contributed by atoms with E-state index in [0.29, 0.717) is 47.4 Å². The van der Waals surface area contributed by atoms with Gasteiger partial charge in [0.05, 0.1) is 40.8 Å². The lowest BCUT2D eigenvalue weighted by Crippen LogP contribution is -2.74. The van der Waals surface area contributed by atoms with Crippen LogP contribution in [0.1, 0.15) is 34.9 Å². The summed E-state index contributed by atoms with van der Waals surface area (Å²) in [6, 6.07) is -3.98. The van der Waals surface area contributed by atoms with Crippen LogP contribution < -0.4 is 16.0 Å². The fourth-order valence-corrected chi connectivity index (χ4v) is 9.75. The average molecular weight is 777 g/mol. The lowest BCUT2D eigenvalue weighted by Gasteiger charge is -2.57. The molecule has 0 aromatic carbocycles. The summed E-state index contributed by atoms with van der Waals surface area (Å²) in [5.41, 5.74) is 0. The van der Waals surface area contributed by atoms with E-state index in [9.17, 15) is 33.7 Å². The smallest absolute Gasteiger partial charge is 0.272 e. The number of rotatable bonds is 13. The van der Waals surface area contributed by atoms with Gasteiger partial charge in [0.25, 0.3) is 10.1 Å². The lowest BCUT2D eigenvalue weighted by atomic mass is 9.61. The Morgan fingerprint density at radius 3 is 1.18 bits per heavy atom. The minimum Gasteiger partial charge on any atom is -0.391 e. The second-order valence-electron chi connectivity index (χ2n) is 11.8. The summed E-state index contributed by atoms with van der Waals surface area (Å²) in [5.74, 6) is -0.866. The molecule has 0 saturated heterocycles. The van der Waals surface area contributed by atoms with Crippen molar-refractivity contribution in [1.29, 1.82) is 0 Å². The van der Waals surface area contributed by atoms with Crippen LogP contribution in [-0.2, 0) is 28.9 Å². The molecule has 23 nitrogen and oxygen atoms in total. The number of fused-ring (bicyclic) bond motifs is 1. The maximum Gasteiger partial charge on any atom is 0.272 e. The monoisotopic (exact) mass is 776 g/mol. The van der Waals surface area contributed by atoms with Crippen molar-refractivity contribution in [3.05, 3.63) is 34.9 Å². The zero-order valence-electron chi connectivity index (χ0n) is 27.7. The first-order valence-corrected chi connectivity index (χ1v) is 18.2. The summed E-state index contributed by atoms with van der Waals surface area (Å²) in [5, 5.41) is 55.6. The van der Waals surface area contributed by atoms with Gasteiger partial charge in [0.2, 0.25) is 17.8 Å². The molecule has 280 valence electrons. The Morgan fingerprint density at radius 1 is 0.549 bits per heavy atom. The molecule has 0 radical (unpaired) electrons. The van der Waals surface area contributed by atoms with E-state index < -0.39 is 68.0 Å². The molecular weight excluding hydrogens is 741 g/mol. The molecule has 2 aliphatic carbocycles. The number of nitrogens with zero attached hydrogens (tertiary/aromatic N) is 9. The van der Waals surface area contributed by atoms with Crippen LogP contribution in [0, 0.1) is 53.4 Å². The summed E-state index contributed by atoms with van der Waals surface area (Å²) in [7, 11) is -5.16. The Balaban J connectivity index is 1.73. The highest BCUT2D eigenvalue weighted by atomic mass is 32.2. The number of nitrogens with one attached hydrogen (secondary N) is 3. The van der Waals surface area contributed by atoms with Crippen molar-refractivity contribution in [3.8, 4) is 0 Å². The minimum atomic E-state index is -5.16. The molecule has 8 N–H and O–H groups in total. The van der Waals surface area contributed by atoms with Crippen molar-refractivity contribution in [2.75, 3.05) is 16.0 Å². The first-order chi connectivity index (χ1) is 24.1. The molecule has 10 unspecified atom stereocenters. The number of aromatic nitrogens is 9. The molecule has 0 bridgehead atoms. The maximum absolute atomic E-state index is 13.2. The number of hydrogen-bond acceptors (Lipinski definition) is 24. The van der Waals surface area contributed by atoms with E-state index in [0.717, 1.165) is 0 Å². The molecular formula is C25H36N12O11S3. The number of aryl methyl sites for hydroxylation is 6. The van der Waals surface area contributed by atoms with Gasteiger partial charge in [0.1, 0.15) is 40.2 Å². The standard InChI is InChI=1S/C25H36N12O11S3/c1-7-26-8(2)30-23(29-7)35-15-13-14(19(39)22(51(42,43)44)17(18(13)38)37-25-33-11(5)28-12(6)34-25)16(36-24-31-9(3)27-10(4)32-24)21(50-48-46-41)20(15)49-47-45-40/h13-22,38-41H,1-6H3,(H,42,43,44)(H,26,29,30,35)(H,27,31,32,36)(H,28,33,34,37). The molecule has 3 heterocycles. The van der Waals surface area contributed by atoms with Crippen molar-refractivity contribution in [3.63, 3.8) is 0 Å². The van der Waals surface area contributed by atoms with Crippen LogP contribution in [0.2, 0.25) is 0 Å². The quantitative estimate of drug-likeness (QED) is 0.0488.